The number of nitrogens with zero attached hydrogens (tertiary/aromatic N) is 1. The van der Waals surface area contributed by atoms with E-state index in [2.05, 4.69) is 4.98 Å². The Morgan fingerprint density at radius 1 is 1.29 bits per heavy atom. The maximum absolute atomic E-state index is 13.5. The normalized spacial score (nSPS) is 10.9. The maximum atomic E-state index is 13.5. The van der Waals surface area contributed by atoms with Crippen molar-refractivity contribution in [2.75, 3.05) is 0 Å². The zero-order valence-corrected chi connectivity index (χ0v) is 8.07. The van der Waals surface area contributed by atoms with Crippen LogP contribution in [0.1, 0.15) is 5.56 Å². The fourth-order valence-electron chi connectivity index (χ4n) is 1.33. The molecule has 0 unspecified atom stereocenters. The van der Waals surface area contributed by atoms with Crippen LogP contribution in [0, 0.1) is 18.6 Å². The molecular weight excluding hydrogens is 208 g/mol. The van der Waals surface area contributed by atoms with Crippen molar-refractivity contribution in [3.8, 4) is 0 Å². The fourth-order valence-corrected chi connectivity index (χ4v) is 1.48. The lowest BCUT2D eigenvalue weighted by atomic mass is 10.1. The number of hydrogen-bond donors (Lipinski definition) is 0. The van der Waals surface area contributed by atoms with E-state index in [1.807, 2.05) is 0 Å². The Bertz CT molecular complexity index is 511. The molecule has 0 spiro atoms. The Morgan fingerprint density at radius 3 is 2.71 bits per heavy atom. The Balaban J connectivity index is 2.94. The van der Waals surface area contributed by atoms with Crippen LogP contribution in [0.15, 0.2) is 18.2 Å². The lowest BCUT2D eigenvalue weighted by Gasteiger charge is -2.03. The predicted molar refractivity (Wildman–Crippen MR) is 51.4 cm³/mol. The number of aryl methyl sites for hydroxylation is 1. The fraction of sp³-hybridized carbons (Fsp3) is 0.100. The summed E-state index contributed by atoms with van der Waals surface area (Å²) in [6.07, 6.45) is 0. The van der Waals surface area contributed by atoms with Gasteiger partial charge in [-0.2, -0.15) is 0 Å². The van der Waals surface area contributed by atoms with E-state index in [0.29, 0.717) is 0 Å². The van der Waals surface area contributed by atoms with Gasteiger partial charge in [0.25, 0.3) is 0 Å². The average Bonchev–Trinajstić information content (AvgIpc) is 2.14. The van der Waals surface area contributed by atoms with E-state index in [9.17, 15) is 8.78 Å². The van der Waals surface area contributed by atoms with Crippen LogP contribution < -0.4 is 0 Å². The van der Waals surface area contributed by atoms with Gasteiger partial charge in [0.05, 0.1) is 0 Å². The van der Waals surface area contributed by atoms with Crippen LogP contribution in [0.25, 0.3) is 10.9 Å². The Labute approximate surface area is 84.3 Å². The first-order valence-electron chi connectivity index (χ1n) is 4.00. The number of pyridine rings is 1. The molecule has 0 radical (unpaired) electrons. The molecule has 0 aliphatic rings. The molecule has 72 valence electrons. The molecule has 0 aliphatic carbocycles. The van der Waals surface area contributed by atoms with Crippen molar-refractivity contribution in [2.24, 2.45) is 0 Å². The second-order valence-electron chi connectivity index (χ2n) is 3.02. The average molecular weight is 214 g/mol. The molecule has 2 rings (SSSR count). The monoisotopic (exact) mass is 213 g/mol. The second kappa shape index (κ2) is 3.17. The van der Waals surface area contributed by atoms with Crippen LogP contribution >= 0.6 is 11.6 Å². The van der Waals surface area contributed by atoms with E-state index in [0.717, 1.165) is 6.07 Å². The topological polar surface area (TPSA) is 12.9 Å². The zero-order valence-electron chi connectivity index (χ0n) is 7.31. The summed E-state index contributed by atoms with van der Waals surface area (Å²) >= 11 is 5.58. The second-order valence-corrected chi connectivity index (χ2v) is 3.41. The van der Waals surface area contributed by atoms with Crippen molar-refractivity contribution in [3.63, 3.8) is 0 Å². The Hall–Kier alpha value is -1.22. The van der Waals surface area contributed by atoms with E-state index in [4.69, 9.17) is 11.6 Å². The molecule has 0 saturated heterocycles. The van der Waals surface area contributed by atoms with Gasteiger partial charge in [0, 0.05) is 5.39 Å². The largest absolute Gasteiger partial charge is 0.233 e. The van der Waals surface area contributed by atoms with Crippen molar-refractivity contribution in [1.82, 2.24) is 4.98 Å². The van der Waals surface area contributed by atoms with Gasteiger partial charge in [-0.25, -0.2) is 13.8 Å². The first-order chi connectivity index (χ1) is 6.59. The SMILES string of the molecule is Cc1cc(F)c2nc(Cl)ccc2c1F. The van der Waals surface area contributed by atoms with Crippen molar-refractivity contribution >= 4 is 22.5 Å². The number of hydrogen-bond acceptors (Lipinski definition) is 1. The minimum absolute atomic E-state index is 0.0272. The van der Waals surface area contributed by atoms with Crippen LogP contribution in [0.3, 0.4) is 0 Å². The van der Waals surface area contributed by atoms with E-state index >= 15 is 0 Å². The molecule has 1 aromatic heterocycles. The number of fused-ring (bicyclic) bond motifs is 1. The molecule has 14 heavy (non-hydrogen) atoms. The lowest BCUT2D eigenvalue weighted by molar-refractivity contribution is 0.608. The summed E-state index contributed by atoms with van der Waals surface area (Å²) in [6.45, 7) is 1.51. The smallest absolute Gasteiger partial charge is 0.149 e. The van der Waals surface area contributed by atoms with Crippen molar-refractivity contribution in [3.05, 3.63) is 40.6 Å². The third-order valence-electron chi connectivity index (χ3n) is 2.01. The third kappa shape index (κ3) is 1.34. The summed E-state index contributed by atoms with van der Waals surface area (Å²) in [6, 6.07) is 3.98. The number of halogens is 3. The first kappa shape index (κ1) is 9.34. The van der Waals surface area contributed by atoms with Crippen molar-refractivity contribution in [1.29, 1.82) is 0 Å². The molecule has 0 aliphatic heterocycles. The lowest BCUT2D eigenvalue weighted by Crippen LogP contribution is -1.92. The van der Waals surface area contributed by atoms with Crippen LogP contribution in [0.5, 0.6) is 0 Å². The van der Waals surface area contributed by atoms with Gasteiger partial charge < -0.3 is 0 Å². The van der Waals surface area contributed by atoms with Gasteiger partial charge in [-0.05, 0) is 30.7 Å². The molecule has 1 aromatic carbocycles. The highest BCUT2D eigenvalue weighted by atomic mass is 35.5. The highest BCUT2D eigenvalue weighted by molar-refractivity contribution is 6.29. The number of aromatic nitrogens is 1. The molecule has 2 aromatic rings. The first-order valence-corrected chi connectivity index (χ1v) is 4.38. The van der Waals surface area contributed by atoms with Gasteiger partial charge in [-0.15, -0.1) is 0 Å². The molecule has 0 amide bonds. The van der Waals surface area contributed by atoms with E-state index in [1.54, 1.807) is 0 Å². The molecule has 0 atom stereocenters. The predicted octanol–water partition coefficient (Wildman–Crippen LogP) is 3.47. The van der Waals surface area contributed by atoms with Gasteiger partial charge in [0.1, 0.15) is 22.3 Å². The third-order valence-corrected chi connectivity index (χ3v) is 2.22. The molecule has 1 heterocycles. The van der Waals surface area contributed by atoms with Crippen LogP contribution in [0.4, 0.5) is 8.78 Å². The van der Waals surface area contributed by atoms with Gasteiger partial charge in [0.2, 0.25) is 0 Å². The summed E-state index contributed by atoms with van der Waals surface area (Å²) in [5.74, 6) is -1.01. The number of benzene rings is 1. The van der Waals surface area contributed by atoms with Gasteiger partial charge in [0.15, 0.2) is 0 Å². The quantitative estimate of drug-likeness (QED) is 0.611. The molecule has 0 saturated carbocycles. The molecule has 4 heteroatoms. The summed E-state index contributed by atoms with van der Waals surface area (Å²) < 4.78 is 26.8. The van der Waals surface area contributed by atoms with Crippen LogP contribution in [0.2, 0.25) is 5.15 Å². The summed E-state index contributed by atoms with van der Waals surface area (Å²) in [4.78, 5) is 3.73. The highest BCUT2D eigenvalue weighted by Gasteiger charge is 2.10. The van der Waals surface area contributed by atoms with Gasteiger partial charge in [-0.3, -0.25) is 0 Å². The van der Waals surface area contributed by atoms with Crippen LogP contribution in [-0.4, -0.2) is 4.98 Å². The Morgan fingerprint density at radius 2 is 2.00 bits per heavy atom. The van der Waals surface area contributed by atoms with E-state index in [1.165, 1.54) is 19.1 Å². The Kier molecular flexibility index (Phi) is 2.11. The molecule has 0 N–H and O–H groups in total. The molecule has 1 nitrogen and oxygen atoms in total. The van der Waals surface area contributed by atoms with E-state index in [-0.39, 0.29) is 21.6 Å². The molecule has 0 bridgehead atoms. The minimum Gasteiger partial charge on any atom is -0.233 e. The number of rotatable bonds is 0. The molecular formula is C10H6ClF2N. The molecule has 0 fully saturated rings. The summed E-state index contributed by atoms with van der Waals surface area (Å²) in [7, 11) is 0. The van der Waals surface area contributed by atoms with Gasteiger partial charge in [-0.1, -0.05) is 11.6 Å². The summed E-state index contributed by atoms with van der Waals surface area (Å²) in [5.41, 5.74) is 0.236. The zero-order chi connectivity index (χ0) is 10.3. The highest BCUT2D eigenvalue weighted by Crippen LogP contribution is 2.23. The minimum atomic E-state index is -0.554. The van der Waals surface area contributed by atoms with Crippen LogP contribution in [-0.2, 0) is 0 Å². The van der Waals surface area contributed by atoms with Gasteiger partial charge >= 0.3 is 0 Å². The summed E-state index contributed by atoms with van der Waals surface area (Å²) in [5, 5.41) is 0.312. The van der Waals surface area contributed by atoms with E-state index < -0.39 is 11.6 Å². The van der Waals surface area contributed by atoms with Crippen molar-refractivity contribution < 1.29 is 8.78 Å². The standard InChI is InChI=1S/C10H6ClF2N/c1-5-4-7(12)10-6(9(5)13)2-3-8(11)14-10/h2-4H,1H3. The van der Waals surface area contributed by atoms with Crippen molar-refractivity contribution in [2.45, 2.75) is 6.92 Å². The maximum Gasteiger partial charge on any atom is 0.149 e.